The summed E-state index contributed by atoms with van der Waals surface area (Å²) in [4.78, 5) is 22.9. The van der Waals surface area contributed by atoms with Gasteiger partial charge in [0.05, 0.1) is 12.3 Å². The molecule has 186 valence electrons. The summed E-state index contributed by atoms with van der Waals surface area (Å²) in [5.74, 6) is -1.91. The number of esters is 1. The highest BCUT2D eigenvalue weighted by molar-refractivity contribution is 5.79. The van der Waals surface area contributed by atoms with E-state index < -0.39 is 17.9 Å². The molecule has 1 N–H and O–H groups in total. The molecule has 0 aromatic rings. The summed E-state index contributed by atoms with van der Waals surface area (Å²) in [6.07, 6.45) is 28.3. The summed E-state index contributed by atoms with van der Waals surface area (Å²) < 4.78 is 5.02. The van der Waals surface area contributed by atoms with E-state index in [4.69, 9.17) is 9.84 Å². The van der Waals surface area contributed by atoms with E-state index in [2.05, 4.69) is 25.7 Å². The standard InChI is InChI=1S/C28H50O4/c1-3-5-6-7-8-9-10-11-12-13-14-15-16-17-18-19-20-21-22-23-26(25-27(29)30)28(31)32-24-4-2/h4,15-16,26H,2-3,5-14,17-25H2,1H3,(H,29,30)/b16-15+. The lowest BCUT2D eigenvalue weighted by Gasteiger charge is -2.13. The van der Waals surface area contributed by atoms with Gasteiger partial charge in [-0.3, -0.25) is 9.59 Å². The molecule has 0 heterocycles. The first-order valence-corrected chi connectivity index (χ1v) is 13.3. The molecule has 0 spiro atoms. The first kappa shape index (κ1) is 30.4. The Morgan fingerprint density at radius 2 is 1.25 bits per heavy atom. The predicted molar refractivity (Wildman–Crippen MR) is 135 cm³/mol. The van der Waals surface area contributed by atoms with Crippen LogP contribution >= 0.6 is 0 Å². The Morgan fingerprint density at radius 3 is 1.72 bits per heavy atom. The van der Waals surface area contributed by atoms with Gasteiger partial charge in [0.15, 0.2) is 0 Å². The molecule has 32 heavy (non-hydrogen) atoms. The summed E-state index contributed by atoms with van der Waals surface area (Å²) in [5.41, 5.74) is 0. The van der Waals surface area contributed by atoms with Crippen molar-refractivity contribution in [3.63, 3.8) is 0 Å². The molecule has 0 amide bonds. The van der Waals surface area contributed by atoms with Crippen LogP contribution in [0.3, 0.4) is 0 Å². The van der Waals surface area contributed by atoms with Crippen molar-refractivity contribution in [3.8, 4) is 0 Å². The average Bonchev–Trinajstić information content (AvgIpc) is 2.77. The summed E-state index contributed by atoms with van der Waals surface area (Å²) in [7, 11) is 0. The molecule has 0 saturated carbocycles. The second-order valence-electron chi connectivity index (χ2n) is 9.00. The highest BCUT2D eigenvalue weighted by atomic mass is 16.5. The van der Waals surface area contributed by atoms with Crippen molar-refractivity contribution in [2.24, 2.45) is 5.92 Å². The largest absolute Gasteiger partial charge is 0.481 e. The van der Waals surface area contributed by atoms with Gasteiger partial charge in [-0.25, -0.2) is 0 Å². The van der Waals surface area contributed by atoms with E-state index in [1.54, 1.807) is 0 Å². The highest BCUT2D eigenvalue weighted by Crippen LogP contribution is 2.17. The molecule has 0 saturated heterocycles. The van der Waals surface area contributed by atoms with E-state index in [1.807, 2.05) is 0 Å². The van der Waals surface area contributed by atoms with Gasteiger partial charge in [-0.05, 0) is 32.1 Å². The monoisotopic (exact) mass is 450 g/mol. The predicted octanol–water partition coefficient (Wildman–Crippen LogP) is 8.40. The topological polar surface area (TPSA) is 63.6 Å². The Kier molecular flexibility index (Phi) is 22.9. The van der Waals surface area contributed by atoms with Crippen LogP contribution < -0.4 is 0 Å². The van der Waals surface area contributed by atoms with Crippen molar-refractivity contribution < 1.29 is 19.4 Å². The van der Waals surface area contributed by atoms with Gasteiger partial charge in [-0.15, -0.1) is 0 Å². The second-order valence-corrected chi connectivity index (χ2v) is 9.00. The summed E-state index contributed by atoms with van der Waals surface area (Å²) in [6.45, 7) is 5.92. The number of unbranched alkanes of at least 4 members (excludes halogenated alkanes) is 15. The quantitative estimate of drug-likeness (QED) is 0.0910. The number of aliphatic carboxylic acids is 1. The zero-order valence-corrected chi connectivity index (χ0v) is 20.8. The fourth-order valence-electron chi connectivity index (χ4n) is 3.94. The molecule has 0 radical (unpaired) electrons. The molecule has 0 aliphatic rings. The van der Waals surface area contributed by atoms with E-state index in [0.717, 1.165) is 25.7 Å². The van der Waals surface area contributed by atoms with Crippen LogP contribution in [0.25, 0.3) is 0 Å². The molecule has 0 aromatic heterocycles. The number of hydrogen-bond donors (Lipinski definition) is 1. The lowest BCUT2D eigenvalue weighted by molar-refractivity contribution is -0.152. The van der Waals surface area contributed by atoms with Crippen LogP contribution in [0, 0.1) is 5.92 Å². The number of allylic oxidation sites excluding steroid dienone is 2. The number of carboxylic acids is 1. The van der Waals surface area contributed by atoms with Crippen LogP contribution in [0.5, 0.6) is 0 Å². The van der Waals surface area contributed by atoms with Crippen molar-refractivity contribution in [3.05, 3.63) is 24.8 Å². The van der Waals surface area contributed by atoms with Crippen LogP contribution in [0.4, 0.5) is 0 Å². The zero-order chi connectivity index (χ0) is 23.7. The number of carbonyl (C=O) groups is 2. The van der Waals surface area contributed by atoms with Crippen molar-refractivity contribution in [2.45, 2.75) is 129 Å². The number of rotatable bonds is 24. The molecule has 4 nitrogen and oxygen atoms in total. The van der Waals surface area contributed by atoms with Gasteiger partial charge in [0, 0.05) is 0 Å². The molecule has 0 bridgehead atoms. The van der Waals surface area contributed by atoms with Crippen LogP contribution in [0.2, 0.25) is 0 Å². The van der Waals surface area contributed by atoms with Gasteiger partial charge in [0.2, 0.25) is 0 Å². The normalized spacial score (nSPS) is 12.2. The Hall–Kier alpha value is -1.58. The molecular weight excluding hydrogens is 400 g/mol. The van der Waals surface area contributed by atoms with Crippen LogP contribution in [0.1, 0.15) is 129 Å². The number of ether oxygens (including phenoxy) is 1. The number of carboxylic acid groups (broad SMARTS) is 1. The van der Waals surface area contributed by atoms with Gasteiger partial charge < -0.3 is 9.84 Å². The Morgan fingerprint density at radius 1 is 0.781 bits per heavy atom. The first-order chi connectivity index (χ1) is 15.6. The molecule has 0 aromatic carbocycles. The minimum Gasteiger partial charge on any atom is -0.481 e. The SMILES string of the molecule is C=CCOC(=O)C(CCCCCCC/C=C/CCCCCCCCCCCC)CC(=O)O. The minimum atomic E-state index is -0.949. The second kappa shape index (κ2) is 24.1. The van der Waals surface area contributed by atoms with Crippen LogP contribution in [-0.2, 0) is 14.3 Å². The summed E-state index contributed by atoms with van der Waals surface area (Å²) in [5, 5.41) is 8.98. The lowest BCUT2D eigenvalue weighted by atomic mass is 9.97. The maximum Gasteiger partial charge on any atom is 0.309 e. The highest BCUT2D eigenvalue weighted by Gasteiger charge is 2.22. The smallest absolute Gasteiger partial charge is 0.309 e. The van der Waals surface area contributed by atoms with Crippen molar-refractivity contribution in [1.82, 2.24) is 0 Å². The molecule has 0 aliphatic carbocycles. The average molecular weight is 451 g/mol. The van der Waals surface area contributed by atoms with Gasteiger partial charge in [-0.1, -0.05) is 115 Å². The molecule has 0 aliphatic heterocycles. The van der Waals surface area contributed by atoms with Gasteiger partial charge in [-0.2, -0.15) is 0 Å². The molecule has 1 unspecified atom stereocenters. The molecular formula is C28H50O4. The minimum absolute atomic E-state index is 0.141. The summed E-state index contributed by atoms with van der Waals surface area (Å²) in [6, 6.07) is 0. The first-order valence-electron chi connectivity index (χ1n) is 13.3. The van der Waals surface area contributed by atoms with Crippen molar-refractivity contribution >= 4 is 11.9 Å². The maximum atomic E-state index is 11.9. The van der Waals surface area contributed by atoms with Crippen LogP contribution in [-0.4, -0.2) is 23.7 Å². The van der Waals surface area contributed by atoms with Crippen molar-refractivity contribution in [1.29, 1.82) is 0 Å². The zero-order valence-electron chi connectivity index (χ0n) is 20.8. The third-order valence-electron chi connectivity index (χ3n) is 5.91. The van der Waals surface area contributed by atoms with E-state index in [1.165, 1.54) is 89.5 Å². The third-order valence-corrected chi connectivity index (χ3v) is 5.91. The fraction of sp³-hybridized carbons (Fsp3) is 0.786. The van der Waals surface area contributed by atoms with Gasteiger partial charge in [0.25, 0.3) is 0 Å². The number of hydrogen-bond acceptors (Lipinski definition) is 3. The summed E-state index contributed by atoms with van der Waals surface area (Å²) >= 11 is 0. The Bertz CT molecular complexity index is 484. The lowest BCUT2D eigenvalue weighted by Crippen LogP contribution is -2.21. The number of carbonyl (C=O) groups excluding carboxylic acids is 1. The van der Waals surface area contributed by atoms with E-state index >= 15 is 0 Å². The molecule has 0 fully saturated rings. The van der Waals surface area contributed by atoms with E-state index in [9.17, 15) is 9.59 Å². The van der Waals surface area contributed by atoms with Gasteiger partial charge >= 0.3 is 11.9 Å². The molecule has 0 rings (SSSR count). The maximum absolute atomic E-state index is 11.9. The van der Waals surface area contributed by atoms with E-state index in [-0.39, 0.29) is 13.0 Å². The molecule has 1 atom stereocenters. The fourth-order valence-corrected chi connectivity index (χ4v) is 3.94. The van der Waals surface area contributed by atoms with Crippen molar-refractivity contribution in [2.75, 3.05) is 6.61 Å². The third kappa shape index (κ3) is 21.6. The molecule has 4 heteroatoms. The Balaban J connectivity index is 3.51. The van der Waals surface area contributed by atoms with Gasteiger partial charge in [0.1, 0.15) is 6.61 Å². The van der Waals surface area contributed by atoms with Crippen LogP contribution in [0.15, 0.2) is 24.8 Å². The van der Waals surface area contributed by atoms with E-state index in [0.29, 0.717) is 6.42 Å². The Labute approximate surface area is 197 Å².